The number of hydrogen-bond donors (Lipinski definition) is 2. The summed E-state index contributed by atoms with van der Waals surface area (Å²) in [5.74, 6) is -0.545. The highest BCUT2D eigenvalue weighted by Crippen LogP contribution is 2.17. The van der Waals surface area contributed by atoms with Gasteiger partial charge in [0.15, 0.2) is 0 Å². The Morgan fingerprint density at radius 2 is 2.18 bits per heavy atom. The van der Waals surface area contributed by atoms with E-state index in [0.717, 1.165) is 0 Å². The molecule has 1 rings (SSSR count). The maximum atomic E-state index is 12.0. The molecule has 1 unspecified atom stereocenters. The van der Waals surface area contributed by atoms with Crippen molar-refractivity contribution in [1.82, 2.24) is 5.32 Å². The molecule has 0 aliphatic carbocycles. The van der Waals surface area contributed by atoms with E-state index in [2.05, 4.69) is 5.32 Å². The topological polar surface area (TPSA) is 49.3 Å². The third kappa shape index (κ3) is 4.36. The van der Waals surface area contributed by atoms with E-state index in [9.17, 15) is 13.6 Å². The van der Waals surface area contributed by atoms with Gasteiger partial charge in [-0.05, 0) is 40.8 Å². The van der Waals surface area contributed by atoms with Gasteiger partial charge in [0.1, 0.15) is 6.10 Å². The molecular formula is C10H9ClF2INO2. The van der Waals surface area contributed by atoms with Crippen LogP contribution in [-0.4, -0.2) is 30.1 Å². The Kier molecular flexibility index (Phi) is 5.54. The average Bonchev–Trinajstić information content (AvgIpc) is 2.28. The van der Waals surface area contributed by atoms with E-state index < -0.39 is 25.0 Å². The number of amides is 1. The first-order valence-corrected chi connectivity index (χ1v) is 6.07. The third-order valence-corrected chi connectivity index (χ3v) is 3.11. The second-order valence-corrected chi connectivity index (χ2v) is 4.83. The van der Waals surface area contributed by atoms with Crippen molar-refractivity contribution in [3.8, 4) is 0 Å². The number of nitrogens with one attached hydrogen (secondary N) is 1. The average molecular weight is 376 g/mol. The molecule has 0 saturated carbocycles. The maximum absolute atomic E-state index is 12.0. The summed E-state index contributed by atoms with van der Waals surface area (Å²) in [5, 5.41) is 11.4. The normalized spacial score (nSPS) is 12.6. The molecule has 94 valence electrons. The minimum absolute atomic E-state index is 0.291. The summed E-state index contributed by atoms with van der Waals surface area (Å²) < 4.78 is 24.7. The first kappa shape index (κ1) is 14.6. The van der Waals surface area contributed by atoms with Crippen molar-refractivity contribution in [3.05, 3.63) is 32.4 Å². The van der Waals surface area contributed by atoms with Crippen LogP contribution in [0.1, 0.15) is 10.4 Å². The van der Waals surface area contributed by atoms with Crippen LogP contribution in [0.15, 0.2) is 18.2 Å². The highest BCUT2D eigenvalue weighted by Gasteiger charge is 2.18. The Hall–Kier alpha value is -0.470. The number of halogens is 4. The number of carbonyl (C=O) groups is 1. The minimum atomic E-state index is -2.88. The lowest BCUT2D eigenvalue weighted by Crippen LogP contribution is -2.36. The molecule has 0 saturated heterocycles. The summed E-state index contributed by atoms with van der Waals surface area (Å²) in [5.41, 5.74) is 0.291. The number of carbonyl (C=O) groups excluding carboxylic acids is 1. The Bertz CT molecular complexity index is 417. The molecule has 0 aliphatic heterocycles. The molecule has 17 heavy (non-hydrogen) atoms. The zero-order chi connectivity index (χ0) is 13.0. The van der Waals surface area contributed by atoms with Crippen LogP contribution in [0.25, 0.3) is 0 Å². The SMILES string of the molecule is O=C(NCC(O)C(F)F)c1cc(Cl)ccc1I. The lowest BCUT2D eigenvalue weighted by atomic mass is 10.2. The van der Waals surface area contributed by atoms with Crippen molar-refractivity contribution < 1.29 is 18.7 Å². The summed E-state index contributed by atoms with van der Waals surface area (Å²) in [7, 11) is 0. The van der Waals surface area contributed by atoms with E-state index in [0.29, 0.717) is 14.2 Å². The van der Waals surface area contributed by atoms with E-state index >= 15 is 0 Å². The Balaban J connectivity index is 2.67. The fourth-order valence-corrected chi connectivity index (χ4v) is 1.81. The van der Waals surface area contributed by atoms with Gasteiger partial charge in [-0.15, -0.1) is 0 Å². The van der Waals surface area contributed by atoms with Gasteiger partial charge in [-0.25, -0.2) is 8.78 Å². The lowest BCUT2D eigenvalue weighted by Gasteiger charge is -2.11. The standard InChI is InChI=1S/C10H9ClF2INO2/c11-5-1-2-7(14)6(3-5)10(17)15-4-8(16)9(12)13/h1-3,8-9,16H,4H2,(H,15,17). The van der Waals surface area contributed by atoms with Crippen molar-refractivity contribution in [1.29, 1.82) is 0 Å². The number of alkyl halides is 2. The van der Waals surface area contributed by atoms with Crippen LogP contribution in [0, 0.1) is 3.57 Å². The molecule has 3 nitrogen and oxygen atoms in total. The maximum Gasteiger partial charge on any atom is 0.265 e. The monoisotopic (exact) mass is 375 g/mol. The molecule has 1 atom stereocenters. The highest BCUT2D eigenvalue weighted by molar-refractivity contribution is 14.1. The van der Waals surface area contributed by atoms with E-state index in [1.54, 1.807) is 12.1 Å². The van der Waals surface area contributed by atoms with E-state index in [1.807, 2.05) is 22.6 Å². The van der Waals surface area contributed by atoms with E-state index in [1.165, 1.54) is 6.07 Å². The molecular weight excluding hydrogens is 366 g/mol. The van der Waals surface area contributed by atoms with Crippen LogP contribution < -0.4 is 5.32 Å². The van der Waals surface area contributed by atoms with Crippen molar-refractivity contribution >= 4 is 40.1 Å². The highest BCUT2D eigenvalue weighted by atomic mass is 127. The second kappa shape index (κ2) is 6.46. The minimum Gasteiger partial charge on any atom is -0.385 e. The molecule has 0 radical (unpaired) electrons. The largest absolute Gasteiger partial charge is 0.385 e. The summed E-state index contributed by atoms with van der Waals surface area (Å²) in [4.78, 5) is 11.6. The van der Waals surface area contributed by atoms with Crippen molar-refractivity contribution in [3.63, 3.8) is 0 Å². The van der Waals surface area contributed by atoms with Gasteiger partial charge in [-0.3, -0.25) is 4.79 Å². The molecule has 1 aromatic rings. The lowest BCUT2D eigenvalue weighted by molar-refractivity contribution is -0.00270. The predicted octanol–water partition coefficient (Wildman–Crippen LogP) is 2.30. The first-order valence-electron chi connectivity index (χ1n) is 4.61. The number of hydrogen-bond acceptors (Lipinski definition) is 2. The molecule has 2 N–H and O–H groups in total. The predicted molar refractivity (Wildman–Crippen MR) is 68.5 cm³/mol. The van der Waals surface area contributed by atoms with Gasteiger partial charge in [0.05, 0.1) is 5.56 Å². The van der Waals surface area contributed by atoms with Crippen LogP contribution in [0.3, 0.4) is 0 Å². The third-order valence-electron chi connectivity index (χ3n) is 1.94. The molecule has 0 bridgehead atoms. The Morgan fingerprint density at radius 3 is 2.76 bits per heavy atom. The van der Waals surface area contributed by atoms with Crippen LogP contribution >= 0.6 is 34.2 Å². The number of aliphatic hydroxyl groups is 1. The fourth-order valence-electron chi connectivity index (χ4n) is 1.05. The fraction of sp³-hybridized carbons (Fsp3) is 0.300. The molecule has 0 aromatic heterocycles. The van der Waals surface area contributed by atoms with Gasteiger partial charge >= 0.3 is 0 Å². The molecule has 0 spiro atoms. The quantitative estimate of drug-likeness (QED) is 0.794. The van der Waals surface area contributed by atoms with Gasteiger partial charge in [0.25, 0.3) is 12.3 Å². The second-order valence-electron chi connectivity index (χ2n) is 3.24. The van der Waals surface area contributed by atoms with Crippen LogP contribution in [0.2, 0.25) is 5.02 Å². The number of benzene rings is 1. The van der Waals surface area contributed by atoms with Gasteiger partial charge in [-0.1, -0.05) is 11.6 Å². The Labute approximate surface area is 115 Å². The summed E-state index contributed by atoms with van der Waals surface area (Å²) >= 11 is 7.65. The summed E-state index contributed by atoms with van der Waals surface area (Å²) in [6.45, 7) is -0.501. The molecule has 1 amide bonds. The van der Waals surface area contributed by atoms with Crippen molar-refractivity contribution in [2.45, 2.75) is 12.5 Å². The van der Waals surface area contributed by atoms with Gasteiger partial charge in [0.2, 0.25) is 0 Å². The van der Waals surface area contributed by atoms with Gasteiger partial charge < -0.3 is 10.4 Å². The van der Waals surface area contributed by atoms with Crippen LogP contribution in [0.5, 0.6) is 0 Å². The van der Waals surface area contributed by atoms with Crippen molar-refractivity contribution in [2.75, 3.05) is 6.54 Å². The van der Waals surface area contributed by atoms with E-state index in [-0.39, 0.29) is 0 Å². The molecule has 0 aliphatic rings. The first-order chi connectivity index (χ1) is 7.91. The molecule has 7 heteroatoms. The van der Waals surface area contributed by atoms with Crippen molar-refractivity contribution in [2.24, 2.45) is 0 Å². The molecule has 0 fully saturated rings. The van der Waals surface area contributed by atoms with Gasteiger partial charge in [-0.2, -0.15) is 0 Å². The van der Waals surface area contributed by atoms with Gasteiger partial charge in [0, 0.05) is 15.1 Å². The summed E-state index contributed by atoms with van der Waals surface area (Å²) in [6, 6.07) is 4.70. The van der Waals surface area contributed by atoms with Crippen LogP contribution in [0.4, 0.5) is 8.78 Å². The molecule has 1 aromatic carbocycles. The number of aliphatic hydroxyl groups excluding tert-OH is 1. The van der Waals surface area contributed by atoms with E-state index in [4.69, 9.17) is 16.7 Å². The zero-order valence-corrected chi connectivity index (χ0v) is 11.4. The smallest absolute Gasteiger partial charge is 0.265 e. The number of rotatable bonds is 4. The zero-order valence-electron chi connectivity index (χ0n) is 8.46. The Morgan fingerprint density at radius 1 is 1.53 bits per heavy atom. The summed E-state index contributed by atoms with van der Waals surface area (Å²) in [6.07, 6.45) is -4.75. The molecule has 0 heterocycles. The van der Waals surface area contributed by atoms with Crippen LogP contribution in [-0.2, 0) is 0 Å².